The fraction of sp³-hybridized carbons (Fsp3) is 0.500. The molecule has 5 heteroatoms. The van der Waals surface area contributed by atoms with Crippen LogP contribution < -0.4 is 10.6 Å². The monoisotopic (exact) mass is 442 g/mol. The highest BCUT2D eigenvalue weighted by Gasteiger charge is 2.19. The Bertz CT molecular complexity index is 922. The van der Waals surface area contributed by atoms with Gasteiger partial charge in [0.25, 0.3) is 0 Å². The van der Waals surface area contributed by atoms with Gasteiger partial charge < -0.3 is 10.6 Å². The van der Waals surface area contributed by atoms with Gasteiger partial charge >= 0.3 is 0 Å². The molecule has 1 heterocycles. The summed E-state index contributed by atoms with van der Waals surface area (Å²) in [7, 11) is 0. The lowest BCUT2D eigenvalue weighted by molar-refractivity contribution is 0.0956. The topological polar surface area (TPSA) is 41.1 Å². The van der Waals surface area contributed by atoms with Gasteiger partial charge in [0, 0.05) is 24.1 Å². The van der Waals surface area contributed by atoms with Gasteiger partial charge in [-0.15, -0.1) is 0 Å². The van der Waals surface area contributed by atoms with Crippen LogP contribution in [0.4, 0.5) is 10.1 Å². The first kappa shape index (κ1) is 22.3. The Morgan fingerprint density at radius 3 is 2.61 bits per heavy atom. The molecule has 1 aliphatic heterocycles. The van der Waals surface area contributed by atoms with Crippen LogP contribution in [0, 0.1) is 11.7 Å². The number of anilines is 1. The van der Waals surface area contributed by atoms with Crippen molar-refractivity contribution in [3.8, 4) is 0 Å². The normalized spacial score (nSPS) is 17.5. The molecule has 0 bridgehead atoms. The molecule has 0 aromatic heterocycles. The standard InChI is InChI=1S/C26H32ClFN2O/c27-23-10-9-19-11-13-29-14-12-22(19)26(23)30-17-21-8-7-20(16-24(21)28)25(31)15-18-5-3-1-2-4-6-18/h7-10,16,18,29-30H,1-6,11-15,17H2. The first-order valence-electron chi connectivity index (χ1n) is 11.7. The highest BCUT2D eigenvalue weighted by Crippen LogP contribution is 2.31. The van der Waals surface area contributed by atoms with Gasteiger partial charge in [-0.2, -0.15) is 0 Å². The van der Waals surface area contributed by atoms with E-state index in [1.165, 1.54) is 42.9 Å². The van der Waals surface area contributed by atoms with Crippen LogP contribution in [0.3, 0.4) is 0 Å². The Hall–Kier alpha value is -1.91. The Morgan fingerprint density at radius 2 is 1.84 bits per heavy atom. The average molecular weight is 443 g/mol. The molecule has 4 rings (SSSR count). The number of ketones is 1. The zero-order chi connectivity index (χ0) is 21.6. The molecular formula is C26H32ClFN2O. The van der Waals surface area contributed by atoms with Crippen LogP contribution >= 0.6 is 11.6 Å². The fourth-order valence-electron chi connectivity index (χ4n) is 4.93. The van der Waals surface area contributed by atoms with Gasteiger partial charge in [-0.25, -0.2) is 4.39 Å². The quantitative estimate of drug-likeness (QED) is 0.406. The largest absolute Gasteiger partial charge is 0.379 e. The van der Waals surface area contributed by atoms with E-state index in [0.717, 1.165) is 44.5 Å². The van der Waals surface area contributed by atoms with E-state index in [1.807, 2.05) is 6.07 Å². The van der Waals surface area contributed by atoms with Gasteiger partial charge in [0.15, 0.2) is 5.78 Å². The molecule has 2 N–H and O–H groups in total. The smallest absolute Gasteiger partial charge is 0.163 e. The number of hydrogen-bond acceptors (Lipinski definition) is 3. The van der Waals surface area contributed by atoms with Gasteiger partial charge in [0.1, 0.15) is 5.82 Å². The SMILES string of the molecule is O=C(CC1CCCCCC1)c1ccc(CNc2c(Cl)ccc3c2CCNCC3)c(F)c1. The summed E-state index contributed by atoms with van der Waals surface area (Å²) < 4.78 is 14.8. The van der Waals surface area contributed by atoms with Gasteiger partial charge in [0.05, 0.1) is 10.7 Å². The summed E-state index contributed by atoms with van der Waals surface area (Å²) in [6, 6.07) is 8.92. The summed E-state index contributed by atoms with van der Waals surface area (Å²) in [4.78, 5) is 12.7. The second-order valence-electron chi connectivity index (χ2n) is 8.95. The summed E-state index contributed by atoms with van der Waals surface area (Å²) in [6.07, 6.45) is 9.59. The van der Waals surface area contributed by atoms with E-state index in [-0.39, 0.29) is 11.6 Å². The highest BCUT2D eigenvalue weighted by atomic mass is 35.5. The van der Waals surface area contributed by atoms with Crippen LogP contribution in [0.15, 0.2) is 30.3 Å². The van der Waals surface area contributed by atoms with E-state index < -0.39 is 0 Å². The Kier molecular flexibility index (Phi) is 7.62. The molecule has 2 aromatic carbocycles. The van der Waals surface area contributed by atoms with E-state index in [2.05, 4.69) is 16.7 Å². The number of carbonyl (C=O) groups excluding carboxylic acids is 1. The number of Topliss-reactive ketones (excluding diaryl/α,β-unsaturated/α-hetero) is 1. The molecule has 1 fully saturated rings. The van der Waals surface area contributed by atoms with Crippen molar-refractivity contribution in [3.05, 3.63) is 63.4 Å². The molecule has 2 aliphatic rings. The number of benzene rings is 2. The molecule has 0 atom stereocenters. The van der Waals surface area contributed by atoms with E-state index in [4.69, 9.17) is 11.6 Å². The minimum atomic E-state index is -0.334. The van der Waals surface area contributed by atoms with Gasteiger partial charge in [0.2, 0.25) is 0 Å². The second kappa shape index (κ2) is 10.6. The molecule has 0 amide bonds. The maximum absolute atomic E-state index is 14.8. The Morgan fingerprint density at radius 1 is 1.06 bits per heavy atom. The predicted octanol–water partition coefficient (Wildman–Crippen LogP) is 6.32. The summed E-state index contributed by atoms with van der Waals surface area (Å²) >= 11 is 6.47. The highest BCUT2D eigenvalue weighted by molar-refractivity contribution is 6.33. The zero-order valence-electron chi connectivity index (χ0n) is 18.1. The van der Waals surface area contributed by atoms with Gasteiger partial charge in [-0.05, 0) is 55.1 Å². The molecule has 0 spiro atoms. The molecule has 0 unspecified atom stereocenters. The van der Waals surface area contributed by atoms with E-state index in [1.54, 1.807) is 12.1 Å². The van der Waals surface area contributed by atoms with Crippen molar-refractivity contribution in [1.29, 1.82) is 0 Å². The molecule has 31 heavy (non-hydrogen) atoms. The number of fused-ring (bicyclic) bond motifs is 1. The van der Waals surface area contributed by atoms with Crippen LogP contribution in [0.1, 0.15) is 72.0 Å². The van der Waals surface area contributed by atoms with Gasteiger partial charge in [-0.1, -0.05) is 68.3 Å². The average Bonchev–Trinajstić information content (AvgIpc) is 3.16. The first-order valence-corrected chi connectivity index (χ1v) is 12.1. The molecule has 3 nitrogen and oxygen atoms in total. The molecule has 166 valence electrons. The first-order chi connectivity index (χ1) is 15.1. The van der Waals surface area contributed by atoms with Crippen molar-refractivity contribution >= 4 is 23.1 Å². The minimum Gasteiger partial charge on any atom is -0.379 e. The van der Waals surface area contributed by atoms with Crippen molar-refractivity contribution in [2.24, 2.45) is 5.92 Å². The third-order valence-electron chi connectivity index (χ3n) is 6.76. The summed E-state index contributed by atoms with van der Waals surface area (Å²) in [5.41, 5.74) is 4.44. The van der Waals surface area contributed by atoms with Crippen LogP contribution in [-0.2, 0) is 19.4 Å². The second-order valence-corrected chi connectivity index (χ2v) is 9.36. The minimum absolute atomic E-state index is 0.0641. The number of nitrogens with one attached hydrogen (secondary N) is 2. The number of halogens is 2. The van der Waals surface area contributed by atoms with Crippen LogP contribution in [0.25, 0.3) is 0 Å². The summed E-state index contributed by atoms with van der Waals surface area (Å²) in [5.74, 6) is 0.178. The van der Waals surface area contributed by atoms with Gasteiger partial charge in [-0.3, -0.25) is 4.79 Å². The summed E-state index contributed by atoms with van der Waals surface area (Å²) in [6.45, 7) is 2.21. The molecule has 1 aliphatic carbocycles. The third kappa shape index (κ3) is 5.67. The lowest BCUT2D eigenvalue weighted by Gasteiger charge is -2.17. The fourth-order valence-corrected chi connectivity index (χ4v) is 5.17. The maximum atomic E-state index is 14.8. The number of carbonyl (C=O) groups is 1. The van der Waals surface area contributed by atoms with E-state index >= 15 is 0 Å². The van der Waals surface area contributed by atoms with Crippen molar-refractivity contribution in [1.82, 2.24) is 5.32 Å². The zero-order valence-corrected chi connectivity index (χ0v) is 18.9. The van der Waals surface area contributed by atoms with Crippen LogP contribution in [-0.4, -0.2) is 18.9 Å². The molecular weight excluding hydrogens is 411 g/mol. The maximum Gasteiger partial charge on any atom is 0.163 e. The molecule has 0 radical (unpaired) electrons. The third-order valence-corrected chi connectivity index (χ3v) is 7.08. The molecule has 0 saturated heterocycles. The lowest BCUT2D eigenvalue weighted by atomic mass is 9.92. The van der Waals surface area contributed by atoms with Crippen molar-refractivity contribution < 1.29 is 9.18 Å². The van der Waals surface area contributed by atoms with Crippen molar-refractivity contribution in [2.45, 2.75) is 64.3 Å². The molecule has 1 saturated carbocycles. The Labute approximate surface area is 189 Å². The number of rotatable bonds is 6. The van der Waals surface area contributed by atoms with Crippen molar-refractivity contribution in [2.75, 3.05) is 18.4 Å². The van der Waals surface area contributed by atoms with E-state index in [9.17, 15) is 9.18 Å². The Balaban J connectivity index is 1.43. The van der Waals surface area contributed by atoms with Crippen LogP contribution in [0.2, 0.25) is 5.02 Å². The summed E-state index contributed by atoms with van der Waals surface area (Å²) in [5, 5.41) is 7.44. The lowest BCUT2D eigenvalue weighted by Crippen LogP contribution is -2.16. The predicted molar refractivity (Wildman–Crippen MR) is 126 cm³/mol. The van der Waals surface area contributed by atoms with Crippen LogP contribution in [0.5, 0.6) is 0 Å². The molecule has 2 aromatic rings. The number of hydrogen-bond donors (Lipinski definition) is 2. The van der Waals surface area contributed by atoms with E-state index in [0.29, 0.717) is 35.0 Å². The van der Waals surface area contributed by atoms with Crippen molar-refractivity contribution in [3.63, 3.8) is 0 Å².